The third kappa shape index (κ3) is 7.88. The standard InChI is InChI=1S/C42H57N7O4/c1-25-17-31(51-8)12-10-27(25)22-44-39-32-15-16-49(40(32)46-24-45-39)35-20-28(37-38(35)53-42(5,6)52-37)23-48(7)30-18-26(19-30)9-14-36(50)47-34-13-11-29(21-33(34)43)41(2,3)4/h10-13,15-17,21,24,26,28,30,35,37-38H,9,14,18-20,22-23,43H2,1-8H3,(H,47,50)(H,44,45,46)/t26?,28-,30?,35-,37-,38+/m1/s1. The van der Waals surface area contributed by atoms with Gasteiger partial charge in [0, 0.05) is 37.7 Å². The van der Waals surface area contributed by atoms with Crippen LogP contribution in [0.15, 0.2) is 55.0 Å². The van der Waals surface area contributed by atoms with Gasteiger partial charge < -0.3 is 40.0 Å². The lowest BCUT2D eigenvalue weighted by Gasteiger charge is -2.42. The van der Waals surface area contributed by atoms with Crippen molar-refractivity contribution in [2.24, 2.45) is 11.8 Å². The van der Waals surface area contributed by atoms with Gasteiger partial charge in [0.05, 0.1) is 36.0 Å². The van der Waals surface area contributed by atoms with E-state index in [1.54, 1.807) is 13.4 Å². The Balaban J connectivity index is 0.947. The number of nitrogen functional groups attached to an aromatic ring is 1. The first-order valence-electron chi connectivity index (χ1n) is 19.1. The molecule has 53 heavy (non-hydrogen) atoms. The molecule has 2 saturated carbocycles. The predicted octanol–water partition coefficient (Wildman–Crippen LogP) is 7.45. The number of amides is 1. The molecule has 2 aliphatic carbocycles. The van der Waals surface area contributed by atoms with E-state index in [0.29, 0.717) is 42.2 Å². The number of nitrogens with one attached hydrogen (secondary N) is 2. The minimum Gasteiger partial charge on any atom is -0.497 e. The highest BCUT2D eigenvalue weighted by Crippen LogP contribution is 2.49. The maximum atomic E-state index is 12.8. The molecule has 1 amide bonds. The summed E-state index contributed by atoms with van der Waals surface area (Å²) in [5.41, 5.74) is 12.0. The molecule has 11 nitrogen and oxygen atoms in total. The first kappa shape index (κ1) is 37.1. The van der Waals surface area contributed by atoms with Gasteiger partial charge in [0.2, 0.25) is 5.91 Å². The molecule has 2 aromatic carbocycles. The number of nitrogens with zero attached hydrogens (tertiary/aromatic N) is 4. The van der Waals surface area contributed by atoms with Crippen LogP contribution in [0.5, 0.6) is 5.75 Å². The number of benzene rings is 2. The van der Waals surface area contributed by atoms with Crippen LogP contribution < -0.4 is 21.1 Å². The Labute approximate surface area is 314 Å². The van der Waals surface area contributed by atoms with Crippen LogP contribution in [0.25, 0.3) is 11.0 Å². The smallest absolute Gasteiger partial charge is 0.224 e. The maximum Gasteiger partial charge on any atom is 0.224 e. The SMILES string of the molecule is COc1ccc(CNc2ncnc3c2ccn3[C@@H]2C[C@H](CN(C)C3CC(CCC(=O)Nc4ccc(C(C)(C)C)cc4N)C3)[C@H]3OC(C)(C)O[C@H]32)c(C)c1. The second kappa shape index (κ2) is 14.6. The Morgan fingerprint density at radius 1 is 1.08 bits per heavy atom. The molecule has 284 valence electrons. The molecule has 1 saturated heterocycles. The third-order valence-corrected chi connectivity index (χ3v) is 11.7. The maximum absolute atomic E-state index is 12.8. The summed E-state index contributed by atoms with van der Waals surface area (Å²) >= 11 is 0. The van der Waals surface area contributed by atoms with Crippen LogP contribution in [0.2, 0.25) is 0 Å². The molecule has 7 rings (SSSR count). The van der Waals surface area contributed by atoms with Gasteiger partial charge in [-0.2, -0.15) is 0 Å². The normalized spacial score (nSPS) is 25.0. The minimum atomic E-state index is -0.646. The highest BCUT2D eigenvalue weighted by atomic mass is 16.8. The highest BCUT2D eigenvalue weighted by molar-refractivity contribution is 5.94. The Hall–Kier alpha value is -4.19. The minimum absolute atomic E-state index is 0.00292. The van der Waals surface area contributed by atoms with E-state index in [-0.39, 0.29) is 29.6 Å². The summed E-state index contributed by atoms with van der Waals surface area (Å²) in [7, 11) is 3.93. The molecule has 0 unspecified atom stereocenters. The van der Waals surface area contributed by atoms with Crippen molar-refractivity contribution in [1.29, 1.82) is 0 Å². The third-order valence-electron chi connectivity index (χ3n) is 11.7. The monoisotopic (exact) mass is 723 g/mol. The lowest BCUT2D eigenvalue weighted by molar-refractivity contribution is -0.161. The quantitative estimate of drug-likeness (QED) is 0.128. The lowest BCUT2D eigenvalue weighted by Crippen LogP contribution is -2.46. The number of hydrogen-bond acceptors (Lipinski definition) is 9. The number of carbonyl (C=O) groups excluding carboxylic acids is 1. The van der Waals surface area contributed by atoms with Gasteiger partial charge in [-0.1, -0.05) is 32.9 Å². The van der Waals surface area contributed by atoms with Crippen molar-refractivity contribution in [3.8, 4) is 5.75 Å². The predicted molar refractivity (Wildman–Crippen MR) is 210 cm³/mol. The van der Waals surface area contributed by atoms with E-state index >= 15 is 0 Å². The molecule has 0 radical (unpaired) electrons. The molecule has 3 heterocycles. The molecular formula is C42H57N7O4. The van der Waals surface area contributed by atoms with Crippen molar-refractivity contribution in [1.82, 2.24) is 19.4 Å². The van der Waals surface area contributed by atoms with Crippen LogP contribution in [0, 0.1) is 18.8 Å². The molecule has 4 aromatic rings. The summed E-state index contributed by atoms with van der Waals surface area (Å²) in [6.07, 6.45) is 8.23. The van der Waals surface area contributed by atoms with Crippen LogP contribution in [0.3, 0.4) is 0 Å². The zero-order chi connectivity index (χ0) is 37.7. The Morgan fingerprint density at radius 2 is 1.85 bits per heavy atom. The average Bonchev–Trinajstić information content (AvgIpc) is 3.75. The van der Waals surface area contributed by atoms with E-state index in [9.17, 15) is 4.79 Å². The van der Waals surface area contributed by atoms with Gasteiger partial charge >= 0.3 is 0 Å². The number of fused-ring (bicyclic) bond motifs is 2. The fourth-order valence-corrected chi connectivity index (χ4v) is 8.57. The van der Waals surface area contributed by atoms with Gasteiger partial charge in [-0.25, -0.2) is 9.97 Å². The molecule has 2 aromatic heterocycles. The van der Waals surface area contributed by atoms with Crippen LogP contribution in [0.1, 0.15) is 89.5 Å². The first-order chi connectivity index (χ1) is 25.2. The van der Waals surface area contributed by atoms with Crippen LogP contribution >= 0.6 is 0 Å². The largest absolute Gasteiger partial charge is 0.497 e. The van der Waals surface area contributed by atoms with Gasteiger partial charge in [-0.05, 0) is 112 Å². The number of carbonyl (C=O) groups is 1. The molecule has 1 aliphatic heterocycles. The molecule has 4 atom stereocenters. The van der Waals surface area contributed by atoms with Gasteiger partial charge in [0.1, 0.15) is 29.6 Å². The van der Waals surface area contributed by atoms with E-state index in [1.807, 2.05) is 38.1 Å². The first-order valence-corrected chi connectivity index (χ1v) is 19.1. The summed E-state index contributed by atoms with van der Waals surface area (Å²) in [4.78, 5) is 24.7. The Morgan fingerprint density at radius 3 is 2.57 bits per heavy atom. The second-order valence-corrected chi connectivity index (χ2v) is 17.0. The summed E-state index contributed by atoms with van der Waals surface area (Å²) in [5, 5.41) is 7.57. The highest BCUT2D eigenvalue weighted by Gasteiger charge is 2.55. The van der Waals surface area contributed by atoms with Crippen LogP contribution in [-0.4, -0.2) is 70.1 Å². The second-order valence-electron chi connectivity index (χ2n) is 17.0. The summed E-state index contributed by atoms with van der Waals surface area (Å²) in [5.74, 6) is 1.91. The van der Waals surface area contributed by atoms with Crippen LogP contribution in [0.4, 0.5) is 17.2 Å². The topological polar surface area (TPSA) is 129 Å². The van der Waals surface area contributed by atoms with E-state index in [0.717, 1.165) is 66.0 Å². The summed E-state index contributed by atoms with van der Waals surface area (Å²) < 4.78 is 20.9. The van der Waals surface area contributed by atoms with E-state index in [4.69, 9.17) is 24.9 Å². The molecule has 3 aliphatic rings. The number of anilines is 3. The van der Waals surface area contributed by atoms with Gasteiger partial charge in [0.25, 0.3) is 0 Å². The van der Waals surface area contributed by atoms with Gasteiger partial charge in [0.15, 0.2) is 5.79 Å². The molecule has 3 fully saturated rings. The lowest BCUT2D eigenvalue weighted by atomic mass is 9.76. The fraction of sp³-hybridized carbons (Fsp3) is 0.548. The van der Waals surface area contributed by atoms with Crippen molar-refractivity contribution in [3.63, 3.8) is 0 Å². The Kier molecular flexibility index (Phi) is 10.2. The number of ether oxygens (including phenoxy) is 3. The zero-order valence-corrected chi connectivity index (χ0v) is 32.6. The average molecular weight is 724 g/mol. The molecule has 4 N–H and O–H groups in total. The number of nitrogens with two attached hydrogens (primary N) is 1. The molecular weight excluding hydrogens is 667 g/mol. The number of aryl methyl sites for hydroxylation is 1. The van der Waals surface area contributed by atoms with E-state index in [1.165, 1.54) is 5.56 Å². The summed E-state index contributed by atoms with van der Waals surface area (Å²) in [6, 6.07) is 14.8. The zero-order valence-electron chi connectivity index (χ0n) is 32.6. The van der Waals surface area contributed by atoms with Crippen molar-refractivity contribution < 1.29 is 19.0 Å². The van der Waals surface area contributed by atoms with Crippen LogP contribution in [-0.2, 0) is 26.2 Å². The number of hydrogen-bond donors (Lipinski definition) is 3. The number of aromatic nitrogens is 3. The van der Waals surface area contributed by atoms with E-state index in [2.05, 4.69) is 84.2 Å². The molecule has 0 bridgehead atoms. The van der Waals surface area contributed by atoms with Crippen molar-refractivity contribution in [2.45, 2.75) is 116 Å². The number of methoxy groups -OCH3 is 1. The van der Waals surface area contributed by atoms with Gasteiger partial charge in [-0.15, -0.1) is 0 Å². The van der Waals surface area contributed by atoms with Crippen molar-refractivity contribution in [2.75, 3.05) is 37.1 Å². The Bertz CT molecular complexity index is 1950. The molecule has 0 spiro atoms. The van der Waals surface area contributed by atoms with Crippen molar-refractivity contribution in [3.05, 3.63) is 71.7 Å². The fourth-order valence-electron chi connectivity index (χ4n) is 8.57. The van der Waals surface area contributed by atoms with Crippen molar-refractivity contribution >= 4 is 34.1 Å². The van der Waals surface area contributed by atoms with E-state index < -0.39 is 5.79 Å². The summed E-state index contributed by atoms with van der Waals surface area (Å²) in [6.45, 7) is 14.2. The van der Waals surface area contributed by atoms with Gasteiger partial charge in [-0.3, -0.25) is 4.79 Å². The number of rotatable bonds is 12. The molecule has 11 heteroatoms.